The van der Waals surface area contributed by atoms with Crippen LogP contribution in [0.25, 0.3) is 0 Å². The molecule has 33 heavy (non-hydrogen) atoms. The average molecular weight is 492 g/mol. The molecule has 1 heterocycles. The van der Waals surface area contributed by atoms with Crippen LogP contribution in [-0.2, 0) is 25.5 Å². The number of amides is 1. The van der Waals surface area contributed by atoms with E-state index < -0.39 is 20.0 Å². The second kappa shape index (κ2) is 8.50. The first-order valence-corrected chi connectivity index (χ1v) is 14.2. The molecular formula is C23H29N3O5S2. The number of hydrogen-bond donors (Lipinski definition) is 1. The van der Waals surface area contributed by atoms with E-state index in [0.717, 1.165) is 34.8 Å². The number of nitrogens with zero attached hydrogens (tertiary/aromatic N) is 2. The van der Waals surface area contributed by atoms with Crippen molar-refractivity contribution >= 4 is 31.6 Å². The Labute approximate surface area is 195 Å². The Morgan fingerprint density at radius 1 is 1.09 bits per heavy atom. The fourth-order valence-corrected chi connectivity index (χ4v) is 6.88. The second-order valence-electron chi connectivity index (χ2n) is 9.19. The number of sulfonamides is 2. The van der Waals surface area contributed by atoms with Gasteiger partial charge in [0.05, 0.1) is 11.2 Å². The summed E-state index contributed by atoms with van der Waals surface area (Å²) in [5, 5.41) is 0. The van der Waals surface area contributed by atoms with Crippen LogP contribution < -0.4 is 9.62 Å². The molecule has 2 unspecified atom stereocenters. The lowest BCUT2D eigenvalue weighted by atomic mass is 9.69. The van der Waals surface area contributed by atoms with Crippen LogP contribution in [0.2, 0.25) is 0 Å². The SMILES string of the molecule is CN(C)S(=O)(=O)c1cccc(C(=O)N2CC3(CCCC(NS(C)(=O)=O)C3)c3ccccc32)c1. The molecule has 1 spiro atoms. The van der Waals surface area contributed by atoms with E-state index in [4.69, 9.17) is 0 Å². The summed E-state index contributed by atoms with van der Waals surface area (Å²) in [7, 11) is -4.10. The molecule has 2 atom stereocenters. The van der Waals surface area contributed by atoms with Gasteiger partial charge in [0.1, 0.15) is 0 Å². The van der Waals surface area contributed by atoms with Crippen molar-refractivity contribution in [3.63, 3.8) is 0 Å². The monoisotopic (exact) mass is 491 g/mol. The molecule has 1 amide bonds. The number of carbonyl (C=O) groups is 1. The van der Waals surface area contributed by atoms with E-state index in [-0.39, 0.29) is 22.3 Å². The Hall–Kier alpha value is -2.27. The van der Waals surface area contributed by atoms with Crippen LogP contribution in [0.3, 0.4) is 0 Å². The van der Waals surface area contributed by atoms with Gasteiger partial charge in [0.2, 0.25) is 20.0 Å². The molecule has 1 aliphatic heterocycles. The number of benzene rings is 2. The number of hydrogen-bond acceptors (Lipinski definition) is 5. The van der Waals surface area contributed by atoms with Gasteiger partial charge in [-0.15, -0.1) is 0 Å². The molecule has 2 aromatic rings. The van der Waals surface area contributed by atoms with Crippen LogP contribution in [0.5, 0.6) is 0 Å². The largest absolute Gasteiger partial charge is 0.307 e. The normalized spacial score (nSPS) is 23.2. The zero-order valence-electron chi connectivity index (χ0n) is 19.0. The zero-order valence-corrected chi connectivity index (χ0v) is 20.6. The lowest BCUT2D eigenvalue weighted by molar-refractivity contribution is 0.0981. The second-order valence-corrected chi connectivity index (χ2v) is 13.1. The van der Waals surface area contributed by atoms with Gasteiger partial charge >= 0.3 is 0 Å². The lowest BCUT2D eigenvalue weighted by Gasteiger charge is -2.38. The Morgan fingerprint density at radius 3 is 2.52 bits per heavy atom. The van der Waals surface area contributed by atoms with Crippen molar-refractivity contribution in [1.82, 2.24) is 9.03 Å². The van der Waals surface area contributed by atoms with Crippen molar-refractivity contribution in [2.24, 2.45) is 0 Å². The Morgan fingerprint density at radius 2 is 1.82 bits per heavy atom. The first kappa shape index (κ1) is 23.9. The van der Waals surface area contributed by atoms with Crippen molar-refractivity contribution in [2.45, 2.75) is 42.0 Å². The molecule has 178 valence electrons. The maximum atomic E-state index is 13.6. The van der Waals surface area contributed by atoms with E-state index in [1.165, 1.54) is 32.5 Å². The molecular weight excluding hydrogens is 462 g/mol. The van der Waals surface area contributed by atoms with E-state index in [2.05, 4.69) is 4.72 Å². The molecule has 10 heteroatoms. The Bertz CT molecular complexity index is 1290. The van der Waals surface area contributed by atoms with Crippen molar-refractivity contribution in [3.05, 3.63) is 59.7 Å². The smallest absolute Gasteiger partial charge is 0.258 e. The molecule has 1 saturated carbocycles. The fourth-order valence-electron chi connectivity index (χ4n) is 5.12. The molecule has 0 radical (unpaired) electrons. The van der Waals surface area contributed by atoms with Crippen LogP contribution in [0.4, 0.5) is 5.69 Å². The molecule has 4 rings (SSSR count). The number of rotatable bonds is 5. The minimum atomic E-state index is -3.67. The number of fused-ring (bicyclic) bond motifs is 2. The van der Waals surface area contributed by atoms with Crippen LogP contribution in [0, 0.1) is 0 Å². The van der Waals surface area contributed by atoms with Gasteiger partial charge in [-0.2, -0.15) is 0 Å². The molecule has 0 aromatic heterocycles. The molecule has 0 saturated heterocycles. The predicted molar refractivity (Wildman–Crippen MR) is 127 cm³/mol. The first-order chi connectivity index (χ1) is 15.4. The van der Waals surface area contributed by atoms with Crippen LogP contribution in [0.1, 0.15) is 41.6 Å². The predicted octanol–water partition coefficient (Wildman–Crippen LogP) is 2.33. The van der Waals surface area contributed by atoms with Crippen LogP contribution >= 0.6 is 0 Å². The van der Waals surface area contributed by atoms with Crippen LogP contribution in [-0.4, -0.2) is 60.0 Å². The fraction of sp³-hybridized carbons (Fsp3) is 0.435. The molecule has 2 aliphatic rings. The summed E-state index contributed by atoms with van der Waals surface area (Å²) in [5.41, 5.74) is 1.78. The first-order valence-electron chi connectivity index (χ1n) is 10.8. The summed E-state index contributed by atoms with van der Waals surface area (Å²) in [6.07, 6.45) is 4.23. The maximum Gasteiger partial charge on any atom is 0.258 e. The number of carbonyl (C=O) groups excluding carboxylic acids is 1. The Kier molecular flexibility index (Phi) is 6.15. The van der Waals surface area contributed by atoms with Crippen molar-refractivity contribution in [3.8, 4) is 0 Å². The minimum absolute atomic E-state index is 0.0654. The minimum Gasteiger partial charge on any atom is -0.307 e. The third kappa shape index (κ3) is 4.57. The summed E-state index contributed by atoms with van der Waals surface area (Å²) in [6, 6.07) is 13.6. The molecule has 8 nitrogen and oxygen atoms in total. The topological polar surface area (TPSA) is 104 Å². The van der Waals surface area contributed by atoms with E-state index in [0.29, 0.717) is 18.5 Å². The molecule has 2 aromatic carbocycles. The van der Waals surface area contributed by atoms with Crippen molar-refractivity contribution in [1.29, 1.82) is 0 Å². The molecule has 0 bridgehead atoms. The average Bonchev–Trinajstić information content (AvgIpc) is 3.06. The number of anilines is 1. The molecule has 1 N–H and O–H groups in total. The highest BCUT2D eigenvalue weighted by Gasteiger charge is 2.47. The molecule has 1 aliphatic carbocycles. The van der Waals surface area contributed by atoms with Crippen molar-refractivity contribution < 1.29 is 21.6 Å². The number of para-hydroxylation sites is 1. The van der Waals surface area contributed by atoms with Crippen LogP contribution in [0.15, 0.2) is 53.4 Å². The standard InChI is InChI=1S/C23H29N3O5S2/c1-25(2)33(30,31)19-10-6-8-17(14-19)22(27)26-16-23(20-11-4-5-12-21(20)26)13-7-9-18(15-23)24-32(3,28)29/h4-6,8,10-12,14,18,24H,7,9,13,15-16H2,1-3H3. The van der Waals surface area contributed by atoms with Gasteiger partial charge in [0.15, 0.2) is 0 Å². The summed E-state index contributed by atoms with van der Waals surface area (Å²) in [4.78, 5) is 15.4. The summed E-state index contributed by atoms with van der Waals surface area (Å²) in [5.74, 6) is -0.270. The highest BCUT2D eigenvalue weighted by Crippen LogP contribution is 2.49. The van der Waals surface area contributed by atoms with E-state index in [1.54, 1.807) is 17.0 Å². The lowest BCUT2D eigenvalue weighted by Crippen LogP contribution is -2.46. The van der Waals surface area contributed by atoms with Gasteiger partial charge in [0.25, 0.3) is 5.91 Å². The van der Waals surface area contributed by atoms with E-state index in [1.807, 2.05) is 24.3 Å². The molecule has 1 fully saturated rings. The van der Waals surface area contributed by atoms with Gasteiger partial charge in [-0.3, -0.25) is 4.79 Å². The maximum absolute atomic E-state index is 13.6. The third-order valence-corrected chi connectivity index (χ3v) is 9.13. The van der Waals surface area contributed by atoms with E-state index in [9.17, 15) is 21.6 Å². The van der Waals surface area contributed by atoms with Gasteiger partial charge in [-0.25, -0.2) is 25.9 Å². The van der Waals surface area contributed by atoms with Gasteiger partial charge < -0.3 is 4.90 Å². The Balaban J connectivity index is 1.69. The summed E-state index contributed by atoms with van der Waals surface area (Å²) >= 11 is 0. The zero-order chi connectivity index (χ0) is 24.0. The van der Waals surface area contributed by atoms with Gasteiger partial charge in [-0.1, -0.05) is 30.7 Å². The van der Waals surface area contributed by atoms with Crippen molar-refractivity contribution in [2.75, 3.05) is 31.8 Å². The quantitative estimate of drug-likeness (QED) is 0.691. The highest BCUT2D eigenvalue weighted by atomic mass is 32.2. The van der Waals surface area contributed by atoms with Gasteiger partial charge in [-0.05, 0) is 49.1 Å². The third-order valence-electron chi connectivity index (χ3n) is 6.56. The summed E-state index contributed by atoms with van der Waals surface area (Å²) < 4.78 is 52.7. The summed E-state index contributed by atoms with van der Waals surface area (Å²) in [6.45, 7) is 0.428. The van der Waals surface area contributed by atoms with E-state index >= 15 is 0 Å². The number of nitrogens with one attached hydrogen (secondary N) is 1. The van der Waals surface area contributed by atoms with Gasteiger partial charge in [0, 0.05) is 43.3 Å². The highest BCUT2D eigenvalue weighted by molar-refractivity contribution is 7.89.